The largest absolute Gasteiger partial charge is 0.319 e. The Morgan fingerprint density at radius 1 is 0.875 bits per heavy atom. The first-order chi connectivity index (χ1) is 15.6. The first kappa shape index (κ1) is 20.4. The van der Waals surface area contributed by atoms with E-state index in [1.165, 1.54) is 0 Å². The number of hydrogen-bond donors (Lipinski definition) is 1. The predicted molar refractivity (Wildman–Crippen MR) is 131 cm³/mol. The van der Waals surface area contributed by atoms with Gasteiger partial charge in [-0.05, 0) is 59.3 Å². The maximum absolute atomic E-state index is 13.0. The van der Waals surface area contributed by atoms with Gasteiger partial charge in [-0.15, -0.1) is 5.10 Å². The van der Waals surface area contributed by atoms with Crippen molar-refractivity contribution in [2.45, 2.75) is 0 Å². The molecule has 0 radical (unpaired) electrons. The molecule has 1 amide bonds. The molecule has 156 valence electrons. The van der Waals surface area contributed by atoms with E-state index in [9.17, 15) is 4.79 Å². The number of nitrogens with one attached hydrogen (secondary N) is 1. The molecule has 4 aromatic carbocycles. The fraction of sp³-hybridized carbons (Fsp3) is 0. The van der Waals surface area contributed by atoms with Crippen molar-refractivity contribution in [3.05, 3.63) is 106 Å². The summed E-state index contributed by atoms with van der Waals surface area (Å²) in [4.78, 5) is 17.6. The number of carbonyl (C=O) groups is 1. The van der Waals surface area contributed by atoms with Crippen molar-refractivity contribution in [1.29, 1.82) is 0 Å². The summed E-state index contributed by atoms with van der Waals surface area (Å²) in [6, 6.07) is 28.7. The lowest BCUT2D eigenvalue weighted by Gasteiger charge is -2.06. The molecule has 0 aliphatic rings. The maximum Gasteiger partial charge on any atom is 0.295 e. The Kier molecular flexibility index (Phi) is 5.47. The number of aromatic nitrogens is 3. The van der Waals surface area contributed by atoms with Crippen LogP contribution in [0.4, 0.5) is 5.69 Å². The first-order valence-electron chi connectivity index (χ1n) is 9.86. The number of hydrogen-bond acceptors (Lipinski definition) is 3. The molecule has 0 aliphatic carbocycles. The molecule has 0 atom stereocenters. The first-order valence-corrected chi connectivity index (χ1v) is 11.0. The summed E-state index contributed by atoms with van der Waals surface area (Å²) in [6.07, 6.45) is 0. The molecule has 5 aromatic rings. The third-order valence-electron chi connectivity index (χ3n) is 4.97. The smallest absolute Gasteiger partial charge is 0.295 e. The van der Waals surface area contributed by atoms with Gasteiger partial charge in [-0.25, -0.2) is 9.67 Å². The van der Waals surface area contributed by atoms with Crippen LogP contribution in [0.5, 0.6) is 0 Å². The van der Waals surface area contributed by atoms with Crippen molar-refractivity contribution in [3.63, 3.8) is 0 Å². The van der Waals surface area contributed by atoms with E-state index in [1.807, 2.05) is 78.9 Å². The summed E-state index contributed by atoms with van der Waals surface area (Å²) >= 11 is 9.64. The minimum Gasteiger partial charge on any atom is -0.319 e. The monoisotopic (exact) mass is 502 g/mol. The van der Waals surface area contributed by atoms with E-state index < -0.39 is 0 Å². The summed E-state index contributed by atoms with van der Waals surface area (Å²) in [5.74, 6) is 0.203. The van der Waals surface area contributed by atoms with Gasteiger partial charge in [0.05, 0.1) is 5.69 Å². The molecule has 32 heavy (non-hydrogen) atoms. The molecule has 5 rings (SSSR count). The van der Waals surface area contributed by atoms with Gasteiger partial charge in [0, 0.05) is 20.7 Å². The van der Waals surface area contributed by atoms with Crippen molar-refractivity contribution in [2.75, 3.05) is 5.32 Å². The van der Waals surface area contributed by atoms with Crippen LogP contribution in [-0.4, -0.2) is 20.7 Å². The van der Waals surface area contributed by atoms with Crippen LogP contribution in [0.3, 0.4) is 0 Å². The van der Waals surface area contributed by atoms with E-state index in [1.54, 1.807) is 16.8 Å². The van der Waals surface area contributed by atoms with Gasteiger partial charge < -0.3 is 5.32 Å². The highest BCUT2D eigenvalue weighted by Crippen LogP contribution is 2.25. The van der Waals surface area contributed by atoms with Gasteiger partial charge in [-0.2, -0.15) is 0 Å². The molecule has 1 heterocycles. The van der Waals surface area contributed by atoms with Gasteiger partial charge in [0.25, 0.3) is 5.91 Å². The maximum atomic E-state index is 13.0. The molecule has 1 N–H and O–H groups in total. The molecule has 0 bridgehead atoms. The Bertz CT molecular complexity index is 1450. The number of fused-ring (bicyclic) bond motifs is 1. The number of amides is 1. The van der Waals surface area contributed by atoms with Crippen LogP contribution in [0.15, 0.2) is 95.5 Å². The second kappa shape index (κ2) is 8.57. The van der Waals surface area contributed by atoms with Crippen molar-refractivity contribution >= 4 is 49.9 Å². The highest BCUT2D eigenvalue weighted by molar-refractivity contribution is 9.10. The number of rotatable bonds is 4. The van der Waals surface area contributed by atoms with Crippen LogP contribution in [0.1, 0.15) is 10.6 Å². The van der Waals surface area contributed by atoms with Gasteiger partial charge in [-0.1, -0.05) is 70.0 Å². The van der Waals surface area contributed by atoms with Crippen LogP contribution in [0.25, 0.3) is 27.8 Å². The van der Waals surface area contributed by atoms with E-state index in [0.29, 0.717) is 16.5 Å². The van der Waals surface area contributed by atoms with E-state index in [-0.39, 0.29) is 11.7 Å². The van der Waals surface area contributed by atoms with E-state index in [0.717, 1.165) is 26.5 Å². The van der Waals surface area contributed by atoms with Gasteiger partial charge in [0.15, 0.2) is 5.82 Å². The molecule has 0 unspecified atom stereocenters. The fourth-order valence-electron chi connectivity index (χ4n) is 3.44. The number of carbonyl (C=O) groups excluding carboxylic acids is 1. The zero-order valence-electron chi connectivity index (χ0n) is 16.7. The van der Waals surface area contributed by atoms with Crippen molar-refractivity contribution in [2.24, 2.45) is 0 Å². The van der Waals surface area contributed by atoms with Gasteiger partial charge in [0.1, 0.15) is 0 Å². The SMILES string of the molecule is O=C(Nc1ccc2ccccc2c1)c1nc(-c2cccc(Cl)c2)n(-c2ccc(Br)cc2)n1. The Morgan fingerprint density at radius 2 is 1.66 bits per heavy atom. The van der Waals surface area contributed by atoms with Crippen molar-refractivity contribution in [3.8, 4) is 17.1 Å². The third-order valence-corrected chi connectivity index (χ3v) is 5.74. The molecule has 0 aliphatic heterocycles. The van der Waals surface area contributed by atoms with E-state index >= 15 is 0 Å². The van der Waals surface area contributed by atoms with E-state index in [2.05, 4.69) is 31.3 Å². The summed E-state index contributed by atoms with van der Waals surface area (Å²) in [6.45, 7) is 0. The predicted octanol–water partition coefficient (Wildman–Crippen LogP) is 6.76. The minimum atomic E-state index is -0.389. The van der Waals surface area contributed by atoms with Crippen LogP contribution in [0.2, 0.25) is 5.02 Å². The lowest BCUT2D eigenvalue weighted by molar-refractivity contribution is 0.101. The lowest BCUT2D eigenvalue weighted by Crippen LogP contribution is -2.14. The van der Waals surface area contributed by atoms with Crippen LogP contribution in [-0.2, 0) is 0 Å². The van der Waals surface area contributed by atoms with E-state index in [4.69, 9.17) is 11.6 Å². The molecule has 7 heteroatoms. The van der Waals surface area contributed by atoms with Crippen LogP contribution in [0, 0.1) is 0 Å². The Morgan fingerprint density at radius 3 is 2.44 bits per heavy atom. The quantitative estimate of drug-likeness (QED) is 0.295. The molecular weight excluding hydrogens is 488 g/mol. The highest BCUT2D eigenvalue weighted by Gasteiger charge is 2.19. The molecule has 5 nitrogen and oxygen atoms in total. The average Bonchev–Trinajstić information content (AvgIpc) is 3.25. The molecule has 0 saturated carbocycles. The molecule has 1 aromatic heterocycles. The topological polar surface area (TPSA) is 59.8 Å². The number of halogens is 2. The van der Waals surface area contributed by atoms with Gasteiger partial charge >= 0.3 is 0 Å². The van der Waals surface area contributed by atoms with Crippen LogP contribution >= 0.6 is 27.5 Å². The summed E-state index contributed by atoms with van der Waals surface area (Å²) in [5.41, 5.74) is 2.22. The minimum absolute atomic E-state index is 0.0658. The summed E-state index contributed by atoms with van der Waals surface area (Å²) in [5, 5.41) is 10.1. The standard InChI is InChI=1S/C25H16BrClN4O/c26-19-9-12-22(13-10-19)31-24(18-6-3-7-20(27)14-18)29-23(30-31)25(32)28-21-11-8-16-4-1-2-5-17(16)15-21/h1-15H,(H,28,32). The highest BCUT2D eigenvalue weighted by atomic mass is 79.9. The second-order valence-corrected chi connectivity index (χ2v) is 8.53. The molecule has 0 fully saturated rings. The number of nitrogens with zero attached hydrogens (tertiary/aromatic N) is 3. The number of benzene rings is 4. The lowest BCUT2D eigenvalue weighted by atomic mass is 10.1. The number of anilines is 1. The Hall–Kier alpha value is -3.48. The second-order valence-electron chi connectivity index (χ2n) is 7.17. The fourth-order valence-corrected chi connectivity index (χ4v) is 3.89. The summed E-state index contributed by atoms with van der Waals surface area (Å²) in [7, 11) is 0. The van der Waals surface area contributed by atoms with Crippen molar-refractivity contribution in [1.82, 2.24) is 14.8 Å². The van der Waals surface area contributed by atoms with Gasteiger partial charge in [0.2, 0.25) is 5.82 Å². The van der Waals surface area contributed by atoms with Gasteiger partial charge in [-0.3, -0.25) is 4.79 Å². The third kappa shape index (κ3) is 4.15. The Labute approximate surface area is 197 Å². The molecule has 0 spiro atoms. The zero-order chi connectivity index (χ0) is 22.1. The Balaban J connectivity index is 1.53. The summed E-state index contributed by atoms with van der Waals surface area (Å²) < 4.78 is 2.59. The normalized spacial score (nSPS) is 10.9. The zero-order valence-corrected chi connectivity index (χ0v) is 19.0. The molecule has 0 saturated heterocycles. The van der Waals surface area contributed by atoms with Crippen LogP contribution < -0.4 is 5.32 Å². The molecular formula is C25H16BrClN4O. The van der Waals surface area contributed by atoms with Crippen molar-refractivity contribution < 1.29 is 4.79 Å². The average molecular weight is 504 g/mol.